The maximum Gasteiger partial charge on any atom is 0.223 e. The van der Waals surface area contributed by atoms with Gasteiger partial charge in [-0.15, -0.1) is 0 Å². The van der Waals surface area contributed by atoms with Gasteiger partial charge in [-0.25, -0.2) is 0 Å². The molecule has 7 heteroatoms. The zero-order valence-electron chi connectivity index (χ0n) is 10.3. The van der Waals surface area contributed by atoms with E-state index in [1.54, 1.807) is 25.1 Å². The fourth-order valence-corrected chi connectivity index (χ4v) is 1.98. The van der Waals surface area contributed by atoms with Crippen molar-refractivity contribution in [3.05, 3.63) is 40.5 Å². The van der Waals surface area contributed by atoms with E-state index in [-0.39, 0.29) is 0 Å². The van der Waals surface area contributed by atoms with Crippen LogP contribution in [0.15, 0.2) is 22.7 Å². The minimum atomic E-state index is 0.328. The second-order valence-electron chi connectivity index (χ2n) is 3.96. The van der Waals surface area contributed by atoms with E-state index in [1.807, 2.05) is 0 Å². The summed E-state index contributed by atoms with van der Waals surface area (Å²) in [6, 6.07) is 5.34. The molecule has 0 fully saturated rings. The number of nitrogens with one attached hydrogen (secondary N) is 1. The van der Waals surface area contributed by atoms with Gasteiger partial charge in [0.25, 0.3) is 0 Å². The Labute approximate surface area is 121 Å². The van der Waals surface area contributed by atoms with Gasteiger partial charge in [0.15, 0.2) is 5.82 Å². The van der Waals surface area contributed by atoms with Crippen LogP contribution in [0.25, 0.3) is 0 Å². The fourth-order valence-electron chi connectivity index (χ4n) is 1.63. The standard InChI is InChI=1S/C12H13ClN4OS/c1-7-16-11(17-18-7)4-5-15-10-6-8(13)2-3-9(10)12(14)19/h2-3,6,15H,4-5H2,1H3,(H2,14,19). The van der Waals surface area contributed by atoms with Crippen LogP contribution in [0.1, 0.15) is 17.3 Å². The van der Waals surface area contributed by atoms with Crippen molar-refractivity contribution in [2.45, 2.75) is 13.3 Å². The molecule has 0 aliphatic rings. The number of hydrogen-bond acceptors (Lipinski definition) is 5. The van der Waals surface area contributed by atoms with Crippen molar-refractivity contribution >= 4 is 34.5 Å². The van der Waals surface area contributed by atoms with Gasteiger partial charge in [-0.1, -0.05) is 29.0 Å². The van der Waals surface area contributed by atoms with E-state index < -0.39 is 0 Å². The smallest absolute Gasteiger partial charge is 0.223 e. The van der Waals surface area contributed by atoms with Crippen molar-refractivity contribution in [1.82, 2.24) is 10.1 Å². The van der Waals surface area contributed by atoms with Gasteiger partial charge in [0.05, 0.1) is 0 Å². The number of hydrogen-bond donors (Lipinski definition) is 2. The second-order valence-corrected chi connectivity index (χ2v) is 4.84. The Balaban J connectivity index is 2.02. The maximum atomic E-state index is 5.96. The molecule has 0 amide bonds. The summed E-state index contributed by atoms with van der Waals surface area (Å²) in [5.74, 6) is 1.21. The molecule has 19 heavy (non-hydrogen) atoms. The Bertz CT molecular complexity index is 599. The van der Waals surface area contributed by atoms with Gasteiger partial charge < -0.3 is 15.6 Å². The Kier molecular flexibility index (Phi) is 4.34. The minimum absolute atomic E-state index is 0.328. The maximum absolute atomic E-state index is 5.96. The normalized spacial score (nSPS) is 10.4. The molecule has 1 aromatic carbocycles. The Hall–Kier alpha value is -1.66. The largest absolute Gasteiger partial charge is 0.389 e. The number of aromatic nitrogens is 2. The highest BCUT2D eigenvalue weighted by Gasteiger charge is 2.07. The second kappa shape index (κ2) is 5.99. The molecule has 0 aliphatic heterocycles. The van der Waals surface area contributed by atoms with Gasteiger partial charge in [0.1, 0.15) is 4.99 Å². The van der Waals surface area contributed by atoms with E-state index in [9.17, 15) is 0 Å². The predicted octanol–water partition coefficient (Wildman–Crippen LogP) is 2.32. The van der Waals surface area contributed by atoms with E-state index in [4.69, 9.17) is 34.1 Å². The van der Waals surface area contributed by atoms with Crippen molar-refractivity contribution < 1.29 is 4.52 Å². The summed E-state index contributed by atoms with van der Waals surface area (Å²) in [5.41, 5.74) is 7.23. The Morgan fingerprint density at radius 1 is 1.53 bits per heavy atom. The van der Waals surface area contributed by atoms with Crippen LogP contribution in [0.5, 0.6) is 0 Å². The third-order valence-corrected chi connectivity index (χ3v) is 2.94. The number of aryl methyl sites for hydroxylation is 1. The molecule has 2 rings (SSSR count). The van der Waals surface area contributed by atoms with Gasteiger partial charge >= 0.3 is 0 Å². The lowest BCUT2D eigenvalue weighted by Crippen LogP contribution is -2.14. The molecule has 0 saturated heterocycles. The van der Waals surface area contributed by atoms with Crippen LogP contribution in [-0.2, 0) is 6.42 Å². The van der Waals surface area contributed by atoms with Crippen LogP contribution in [0.4, 0.5) is 5.69 Å². The molecule has 2 aromatic rings. The molecule has 0 unspecified atom stereocenters. The van der Waals surface area contributed by atoms with E-state index in [1.165, 1.54) is 0 Å². The molecule has 5 nitrogen and oxygen atoms in total. The highest BCUT2D eigenvalue weighted by molar-refractivity contribution is 7.80. The lowest BCUT2D eigenvalue weighted by atomic mass is 10.1. The average Bonchev–Trinajstić information content (AvgIpc) is 2.75. The van der Waals surface area contributed by atoms with E-state index >= 15 is 0 Å². The number of anilines is 1. The number of benzene rings is 1. The van der Waals surface area contributed by atoms with Gasteiger partial charge in [0, 0.05) is 36.2 Å². The summed E-state index contributed by atoms with van der Waals surface area (Å²) < 4.78 is 4.90. The molecular formula is C12H13ClN4OS. The van der Waals surface area contributed by atoms with Crippen molar-refractivity contribution in [1.29, 1.82) is 0 Å². The molecule has 0 bridgehead atoms. The molecule has 0 spiro atoms. The Morgan fingerprint density at radius 3 is 2.95 bits per heavy atom. The summed E-state index contributed by atoms with van der Waals surface area (Å²) in [5, 5.41) is 7.66. The third-order valence-electron chi connectivity index (χ3n) is 2.48. The van der Waals surface area contributed by atoms with Crippen LogP contribution in [0.3, 0.4) is 0 Å². The number of thiocarbonyl (C=S) groups is 1. The number of nitrogens with two attached hydrogens (primary N) is 1. The first-order valence-electron chi connectivity index (χ1n) is 5.68. The van der Waals surface area contributed by atoms with Crippen molar-refractivity contribution in [2.24, 2.45) is 5.73 Å². The lowest BCUT2D eigenvalue weighted by Gasteiger charge is -2.10. The minimum Gasteiger partial charge on any atom is -0.389 e. The van der Waals surface area contributed by atoms with Gasteiger partial charge in [-0.2, -0.15) is 4.98 Å². The Morgan fingerprint density at radius 2 is 2.32 bits per heavy atom. The molecule has 3 N–H and O–H groups in total. The zero-order valence-corrected chi connectivity index (χ0v) is 11.9. The molecule has 0 aliphatic carbocycles. The number of nitrogens with zero attached hydrogens (tertiary/aromatic N) is 2. The van der Waals surface area contributed by atoms with E-state index in [0.717, 1.165) is 11.3 Å². The molecule has 0 atom stereocenters. The van der Waals surface area contributed by atoms with Gasteiger partial charge in [-0.05, 0) is 18.2 Å². The number of halogens is 1. The van der Waals surface area contributed by atoms with Gasteiger partial charge in [-0.3, -0.25) is 0 Å². The molecule has 100 valence electrons. The zero-order chi connectivity index (χ0) is 13.8. The van der Waals surface area contributed by atoms with Crippen molar-refractivity contribution in [3.8, 4) is 0 Å². The first kappa shape index (κ1) is 13.8. The molecule has 1 heterocycles. The average molecular weight is 297 g/mol. The number of rotatable bonds is 5. The van der Waals surface area contributed by atoms with Crippen LogP contribution in [0.2, 0.25) is 5.02 Å². The monoisotopic (exact) mass is 296 g/mol. The van der Waals surface area contributed by atoms with Crippen molar-refractivity contribution in [2.75, 3.05) is 11.9 Å². The molecule has 0 saturated carbocycles. The highest BCUT2D eigenvalue weighted by Crippen LogP contribution is 2.21. The van der Waals surface area contributed by atoms with Crippen molar-refractivity contribution in [3.63, 3.8) is 0 Å². The van der Waals surface area contributed by atoms with Crippen LogP contribution in [0, 0.1) is 6.92 Å². The quantitative estimate of drug-likeness (QED) is 0.825. The van der Waals surface area contributed by atoms with Crippen LogP contribution < -0.4 is 11.1 Å². The molecular weight excluding hydrogens is 284 g/mol. The van der Waals surface area contributed by atoms with Crippen LogP contribution >= 0.6 is 23.8 Å². The highest BCUT2D eigenvalue weighted by atomic mass is 35.5. The molecule has 1 aromatic heterocycles. The molecule has 0 radical (unpaired) electrons. The summed E-state index contributed by atoms with van der Waals surface area (Å²) in [6.45, 7) is 2.39. The summed E-state index contributed by atoms with van der Waals surface area (Å²) in [4.78, 5) is 4.45. The van der Waals surface area contributed by atoms with Crippen LogP contribution in [-0.4, -0.2) is 21.7 Å². The topological polar surface area (TPSA) is 77.0 Å². The predicted molar refractivity (Wildman–Crippen MR) is 78.6 cm³/mol. The summed E-state index contributed by atoms with van der Waals surface area (Å²) in [7, 11) is 0. The summed E-state index contributed by atoms with van der Waals surface area (Å²) >= 11 is 11.0. The SMILES string of the molecule is Cc1nc(CCNc2cc(Cl)ccc2C(N)=S)no1. The fraction of sp³-hybridized carbons (Fsp3) is 0.250. The van der Waals surface area contributed by atoms with E-state index in [0.29, 0.717) is 34.7 Å². The summed E-state index contributed by atoms with van der Waals surface area (Å²) in [6.07, 6.45) is 0.640. The first-order chi connectivity index (χ1) is 9.06. The van der Waals surface area contributed by atoms with E-state index in [2.05, 4.69) is 15.5 Å². The first-order valence-corrected chi connectivity index (χ1v) is 6.47. The van der Waals surface area contributed by atoms with Gasteiger partial charge in [0.2, 0.25) is 5.89 Å². The third kappa shape index (κ3) is 3.65. The lowest BCUT2D eigenvalue weighted by molar-refractivity contribution is 0.387.